The van der Waals surface area contributed by atoms with Gasteiger partial charge in [-0.15, -0.1) is 10.2 Å². The zero-order valence-corrected chi connectivity index (χ0v) is 19.7. The van der Waals surface area contributed by atoms with Crippen molar-refractivity contribution in [1.29, 1.82) is 0 Å². The van der Waals surface area contributed by atoms with Crippen LogP contribution in [0.15, 0.2) is 28.6 Å². The molecular weight excluding hydrogens is 438 g/mol. The van der Waals surface area contributed by atoms with E-state index in [0.29, 0.717) is 31.3 Å². The summed E-state index contributed by atoms with van der Waals surface area (Å²) in [6.07, 6.45) is -0.334. The molecular formula is C20H27N5O4S2. The van der Waals surface area contributed by atoms with Crippen LogP contribution in [0.3, 0.4) is 0 Å². The number of carbonyl (C=O) groups excluding carboxylic acids is 2. The van der Waals surface area contributed by atoms with Crippen molar-refractivity contribution in [3.8, 4) is 5.75 Å². The summed E-state index contributed by atoms with van der Waals surface area (Å²) in [5, 5.41) is 12.1. The van der Waals surface area contributed by atoms with Gasteiger partial charge in [0.15, 0.2) is 4.34 Å². The monoisotopic (exact) mass is 465 g/mol. The molecule has 1 aliphatic heterocycles. The number of aromatic nitrogens is 2. The molecule has 1 N–H and O–H groups in total. The normalized spacial score (nSPS) is 14.3. The number of rotatable bonds is 6. The van der Waals surface area contributed by atoms with E-state index >= 15 is 0 Å². The van der Waals surface area contributed by atoms with Gasteiger partial charge in [0.2, 0.25) is 11.0 Å². The highest BCUT2D eigenvalue weighted by atomic mass is 32.2. The molecule has 1 aliphatic rings. The quantitative estimate of drug-likeness (QED) is 0.648. The van der Waals surface area contributed by atoms with Crippen molar-refractivity contribution in [2.45, 2.75) is 30.7 Å². The number of hydrogen-bond acceptors (Lipinski definition) is 9. The minimum Gasteiger partial charge on any atom is -0.497 e. The topological polar surface area (TPSA) is 96.9 Å². The average Bonchev–Trinajstić information content (AvgIpc) is 3.18. The van der Waals surface area contributed by atoms with Crippen LogP contribution >= 0.6 is 23.1 Å². The summed E-state index contributed by atoms with van der Waals surface area (Å²) in [5.74, 6) is 1.09. The minimum absolute atomic E-state index is 0.0219. The van der Waals surface area contributed by atoms with Crippen LogP contribution < -0.4 is 10.1 Å². The number of nitrogens with one attached hydrogen (secondary N) is 1. The van der Waals surface area contributed by atoms with Crippen LogP contribution in [-0.2, 0) is 9.53 Å². The average molecular weight is 466 g/mol. The van der Waals surface area contributed by atoms with E-state index in [9.17, 15) is 9.59 Å². The van der Waals surface area contributed by atoms with E-state index in [2.05, 4.69) is 15.5 Å². The summed E-state index contributed by atoms with van der Waals surface area (Å²) in [4.78, 5) is 28.1. The lowest BCUT2D eigenvalue weighted by Gasteiger charge is -2.35. The molecule has 0 saturated carbocycles. The molecule has 31 heavy (non-hydrogen) atoms. The van der Waals surface area contributed by atoms with E-state index in [1.807, 2.05) is 45.0 Å². The Kier molecular flexibility index (Phi) is 7.60. The number of hydrogen-bond donors (Lipinski definition) is 1. The second kappa shape index (κ2) is 10.2. The Morgan fingerprint density at radius 2 is 1.74 bits per heavy atom. The van der Waals surface area contributed by atoms with Gasteiger partial charge in [0, 0.05) is 31.9 Å². The van der Waals surface area contributed by atoms with Crippen molar-refractivity contribution < 1.29 is 19.1 Å². The number of amides is 2. The molecule has 1 saturated heterocycles. The molecule has 2 aromatic rings. The molecule has 0 aliphatic carbocycles. The molecule has 0 spiro atoms. The lowest BCUT2D eigenvalue weighted by Crippen LogP contribution is -2.52. The van der Waals surface area contributed by atoms with Crippen molar-refractivity contribution in [1.82, 2.24) is 20.0 Å². The van der Waals surface area contributed by atoms with Crippen LogP contribution in [0.4, 0.5) is 15.6 Å². The third kappa shape index (κ3) is 7.00. The second-order valence-corrected chi connectivity index (χ2v) is 10.1. The fraction of sp³-hybridized carbons (Fsp3) is 0.500. The van der Waals surface area contributed by atoms with Crippen LogP contribution in [0.2, 0.25) is 0 Å². The first-order valence-corrected chi connectivity index (χ1v) is 11.7. The molecule has 9 nitrogen and oxygen atoms in total. The zero-order valence-electron chi connectivity index (χ0n) is 18.1. The molecule has 0 bridgehead atoms. The Morgan fingerprint density at radius 1 is 1.10 bits per heavy atom. The van der Waals surface area contributed by atoms with Gasteiger partial charge in [-0.1, -0.05) is 23.1 Å². The third-order valence-electron chi connectivity index (χ3n) is 4.35. The molecule has 1 aromatic carbocycles. The van der Waals surface area contributed by atoms with Crippen molar-refractivity contribution >= 4 is 45.9 Å². The Balaban J connectivity index is 1.42. The maximum Gasteiger partial charge on any atom is 0.410 e. The van der Waals surface area contributed by atoms with Gasteiger partial charge in [0.05, 0.1) is 12.9 Å². The molecule has 168 valence electrons. The molecule has 11 heteroatoms. The molecule has 2 amide bonds. The molecule has 0 radical (unpaired) electrons. The van der Waals surface area contributed by atoms with E-state index in [-0.39, 0.29) is 17.8 Å². The van der Waals surface area contributed by atoms with E-state index < -0.39 is 5.60 Å². The van der Waals surface area contributed by atoms with E-state index in [1.54, 1.807) is 16.9 Å². The largest absolute Gasteiger partial charge is 0.497 e. The summed E-state index contributed by atoms with van der Waals surface area (Å²) in [7, 11) is 1.62. The van der Waals surface area contributed by atoms with Gasteiger partial charge in [0.1, 0.15) is 11.4 Å². The van der Waals surface area contributed by atoms with Crippen LogP contribution in [0.5, 0.6) is 5.75 Å². The summed E-state index contributed by atoms with van der Waals surface area (Å²) in [5.41, 5.74) is 0.358. The number of methoxy groups -OCH3 is 1. The first-order valence-electron chi connectivity index (χ1n) is 9.86. The highest BCUT2D eigenvalue weighted by molar-refractivity contribution is 8.01. The van der Waals surface area contributed by atoms with Crippen LogP contribution in [-0.4, -0.2) is 76.6 Å². The van der Waals surface area contributed by atoms with Gasteiger partial charge in [0.25, 0.3) is 0 Å². The molecule has 0 unspecified atom stereocenters. The number of piperazine rings is 1. The number of carbonyl (C=O) groups is 2. The van der Waals surface area contributed by atoms with Gasteiger partial charge >= 0.3 is 6.09 Å². The second-order valence-electron chi connectivity index (χ2n) is 7.86. The van der Waals surface area contributed by atoms with Gasteiger partial charge in [-0.2, -0.15) is 0 Å². The third-order valence-corrected chi connectivity index (χ3v) is 6.31. The number of thioether (sulfide) groups is 1. The highest BCUT2D eigenvalue weighted by Gasteiger charge is 2.27. The zero-order chi connectivity index (χ0) is 22.4. The molecule has 0 atom stereocenters. The fourth-order valence-corrected chi connectivity index (χ4v) is 4.47. The van der Waals surface area contributed by atoms with Crippen LogP contribution in [0.25, 0.3) is 0 Å². The van der Waals surface area contributed by atoms with E-state index in [1.165, 1.54) is 23.1 Å². The number of anilines is 2. The maximum atomic E-state index is 12.5. The van der Waals surface area contributed by atoms with Crippen molar-refractivity contribution in [2.24, 2.45) is 0 Å². The lowest BCUT2D eigenvalue weighted by molar-refractivity contribution is -0.130. The molecule has 1 aromatic heterocycles. The van der Waals surface area contributed by atoms with E-state index in [0.717, 1.165) is 15.8 Å². The van der Waals surface area contributed by atoms with Gasteiger partial charge in [-0.3, -0.25) is 4.79 Å². The molecule has 3 rings (SSSR count). The Morgan fingerprint density at radius 3 is 2.35 bits per heavy atom. The minimum atomic E-state index is -0.524. The molecule has 1 fully saturated rings. The van der Waals surface area contributed by atoms with Crippen molar-refractivity contribution in [3.63, 3.8) is 0 Å². The summed E-state index contributed by atoms with van der Waals surface area (Å²) < 4.78 is 11.3. The fourth-order valence-electron chi connectivity index (χ4n) is 2.80. The number of ether oxygens (including phenoxy) is 2. The predicted molar refractivity (Wildman–Crippen MR) is 121 cm³/mol. The smallest absolute Gasteiger partial charge is 0.410 e. The maximum absolute atomic E-state index is 12.5. The molecule has 2 heterocycles. The number of nitrogens with zero attached hydrogens (tertiary/aromatic N) is 4. The first-order chi connectivity index (χ1) is 14.7. The Bertz CT molecular complexity index is 890. The number of benzene rings is 1. The highest BCUT2D eigenvalue weighted by Crippen LogP contribution is 2.28. The summed E-state index contributed by atoms with van der Waals surface area (Å²) in [6.45, 7) is 7.46. The first kappa shape index (κ1) is 23.1. The Hall–Kier alpha value is -2.53. The van der Waals surface area contributed by atoms with Gasteiger partial charge in [-0.25, -0.2) is 4.79 Å². The van der Waals surface area contributed by atoms with Crippen molar-refractivity contribution in [2.75, 3.05) is 44.4 Å². The summed E-state index contributed by atoms with van der Waals surface area (Å²) in [6, 6.07) is 7.52. The lowest BCUT2D eigenvalue weighted by atomic mass is 10.2. The summed E-state index contributed by atoms with van der Waals surface area (Å²) >= 11 is 2.76. The SMILES string of the molecule is COc1ccc(Nc2nnc(SCC(=O)N3CCN(C(=O)OC(C)(C)C)CC3)s2)cc1. The predicted octanol–water partition coefficient (Wildman–Crippen LogP) is 3.46. The van der Waals surface area contributed by atoms with Gasteiger partial charge in [-0.05, 0) is 45.0 Å². The van der Waals surface area contributed by atoms with Crippen LogP contribution in [0.1, 0.15) is 20.8 Å². The standard InChI is InChI=1S/C20H27N5O4S2/c1-20(2,3)29-19(27)25-11-9-24(10-12-25)16(26)13-30-18-23-22-17(31-18)21-14-5-7-15(28-4)8-6-14/h5-8H,9-13H2,1-4H3,(H,21,22). The van der Waals surface area contributed by atoms with Crippen LogP contribution in [0, 0.1) is 0 Å². The van der Waals surface area contributed by atoms with Crippen molar-refractivity contribution in [3.05, 3.63) is 24.3 Å². The van der Waals surface area contributed by atoms with E-state index in [4.69, 9.17) is 9.47 Å². The Labute approximate surface area is 190 Å². The van der Waals surface area contributed by atoms with Gasteiger partial charge < -0.3 is 24.6 Å².